The molecule has 0 saturated heterocycles. The van der Waals surface area contributed by atoms with E-state index in [4.69, 9.17) is 5.73 Å². The lowest BCUT2D eigenvalue weighted by Crippen LogP contribution is -2.18. The second kappa shape index (κ2) is 5.66. The molecule has 0 bridgehead atoms. The number of anilines is 2. The molecule has 3 rings (SSSR count). The molecule has 0 aliphatic heterocycles. The third-order valence-electron chi connectivity index (χ3n) is 3.52. The molecule has 6 nitrogen and oxygen atoms in total. The number of benzene rings is 1. The van der Waals surface area contributed by atoms with Crippen molar-refractivity contribution in [3.63, 3.8) is 0 Å². The number of nitrogens with zero attached hydrogens (tertiary/aromatic N) is 5. The summed E-state index contributed by atoms with van der Waals surface area (Å²) in [6.07, 6.45) is -3.20. The Morgan fingerprint density at radius 1 is 1.17 bits per heavy atom. The van der Waals surface area contributed by atoms with E-state index in [2.05, 4.69) is 15.0 Å². The van der Waals surface area contributed by atoms with Crippen LogP contribution < -0.4 is 10.6 Å². The van der Waals surface area contributed by atoms with Gasteiger partial charge >= 0.3 is 6.18 Å². The van der Waals surface area contributed by atoms with E-state index in [9.17, 15) is 13.2 Å². The third kappa shape index (κ3) is 2.84. The predicted octanol–water partition coefficient (Wildman–Crippen LogP) is 2.54. The predicted molar refractivity (Wildman–Crippen MR) is 84.6 cm³/mol. The van der Waals surface area contributed by atoms with Crippen molar-refractivity contribution in [3.05, 3.63) is 42.0 Å². The van der Waals surface area contributed by atoms with Crippen molar-refractivity contribution in [2.75, 3.05) is 24.7 Å². The molecule has 2 heterocycles. The first-order valence-electron chi connectivity index (χ1n) is 7.08. The van der Waals surface area contributed by atoms with E-state index in [0.717, 1.165) is 5.56 Å². The van der Waals surface area contributed by atoms with Crippen LogP contribution in [0.25, 0.3) is 11.2 Å². The normalized spacial score (nSPS) is 11.9. The Morgan fingerprint density at radius 3 is 2.50 bits per heavy atom. The molecule has 24 heavy (non-hydrogen) atoms. The highest BCUT2D eigenvalue weighted by Crippen LogP contribution is 2.31. The zero-order chi connectivity index (χ0) is 17.5. The molecule has 0 radical (unpaired) electrons. The monoisotopic (exact) mass is 336 g/mol. The van der Waals surface area contributed by atoms with Gasteiger partial charge in [0.15, 0.2) is 17.0 Å². The fourth-order valence-corrected chi connectivity index (χ4v) is 2.35. The number of rotatable bonds is 3. The van der Waals surface area contributed by atoms with Crippen molar-refractivity contribution in [2.24, 2.45) is 0 Å². The maximum atomic E-state index is 13.1. The summed E-state index contributed by atoms with van der Waals surface area (Å²) in [7, 11) is 3.21. The van der Waals surface area contributed by atoms with Crippen LogP contribution >= 0.6 is 0 Å². The minimum absolute atomic E-state index is 0.115. The topological polar surface area (TPSA) is 72.9 Å². The molecule has 0 saturated carbocycles. The highest BCUT2D eigenvalue weighted by Gasteiger charge is 2.36. The number of alkyl halides is 3. The molecule has 2 aromatic heterocycles. The van der Waals surface area contributed by atoms with Gasteiger partial charge in [-0.25, -0.2) is 15.0 Å². The lowest BCUT2D eigenvalue weighted by Gasteiger charge is -2.14. The molecule has 2 N–H and O–H groups in total. The van der Waals surface area contributed by atoms with Gasteiger partial charge in [0.2, 0.25) is 5.82 Å². The van der Waals surface area contributed by atoms with Crippen LogP contribution in [0.4, 0.5) is 24.7 Å². The van der Waals surface area contributed by atoms with Gasteiger partial charge in [0, 0.05) is 19.8 Å². The highest BCUT2D eigenvalue weighted by molar-refractivity contribution is 5.83. The third-order valence-corrected chi connectivity index (χ3v) is 3.52. The summed E-state index contributed by atoms with van der Waals surface area (Å²) < 4.78 is 40.8. The molecule has 1 aromatic carbocycles. The van der Waals surface area contributed by atoms with E-state index in [1.165, 1.54) is 15.8 Å². The van der Waals surface area contributed by atoms with Crippen molar-refractivity contribution in [2.45, 2.75) is 12.7 Å². The maximum absolute atomic E-state index is 13.1. The van der Waals surface area contributed by atoms with Gasteiger partial charge in [-0.3, -0.25) is 0 Å². The Balaban J connectivity index is 2.17. The molecule has 0 atom stereocenters. The highest BCUT2D eigenvalue weighted by atomic mass is 19.4. The van der Waals surface area contributed by atoms with Crippen molar-refractivity contribution in [3.8, 4) is 0 Å². The van der Waals surface area contributed by atoms with Crippen LogP contribution in [0, 0.1) is 0 Å². The van der Waals surface area contributed by atoms with Crippen LogP contribution in [0.15, 0.2) is 30.6 Å². The molecule has 0 fully saturated rings. The summed E-state index contributed by atoms with van der Waals surface area (Å²) in [5, 5.41) is 0. The summed E-state index contributed by atoms with van der Waals surface area (Å²) in [6.45, 7) is 0.268. The second-order valence-corrected chi connectivity index (χ2v) is 5.51. The Bertz CT molecular complexity index is 885. The smallest absolute Gasteiger partial charge is 0.398 e. The van der Waals surface area contributed by atoms with Crippen molar-refractivity contribution < 1.29 is 13.2 Å². The van der Waals surface area contributed by atoms with Gasteiger partial charge in [-0.05, 0) is 11.6 Å². The quantitative estimate of drug-likeness (QED) is 0.744. The molecule has 0 spiro atoms. The van der Waals surface area contributed by atoms with E-state index >= 15 is 0 Å². The number of imidazole rings is 1. The number of para-hydroxylation sites is 1. The number of halogens is 3. The Hall–Kier alpha value is -2.84. The fourth-order valence-electron chi connectivity index (χ4n) is 2.35. The summed E-state index contributed by atoms with van der Waals surface area (Å²) in [5.41, 5.74) is 7.65. The van der Waals surface area contributed by atoms with Gasteiger partial charge in [-0.2, -0.15) is 13.2 Å². The summed E-state index contributed by atoms with van der Waals surface area (Å²) >= 11 is 0. The fraction of sp³-hybridized carbons (Fsp3) is 0.267. The van der Waals surface area contributed by atoms with Crippen LogP contribution in [-0.2, 0) is 12.7 Å². The Kier molecular flexibility index (Phi) is 3.78. The zero-order valence-corrected chi connectivity index (χ0v) is 13.0. The van der Waals surface area contributed by atoms with E-state index in [-0.39, 0.29) is 18.0 Å². The van der Waals surface area contributed by atoms with Crippen LogP contribution in [0.3, 0.4) is 0 Å². The number of nitrogen functional groups attached to an aromatic ring is 1. The Labute approximate surface area is 135 Å². The lowest BCUT2D eigenvalue weighted by atomic mass is 10.2. The van der Waals surface area contributed by atoms with Gasteiger partial charge in [0.1, 0.15) is 0 Å². The second-order valence-electron chi connectivity index (χ2n) is 5.51. The molecule has 9 heteroatoms. The number of hydrogen-bond donors (Lipinski definition) is 1. The molecule has 0 aliphatic carbocycles. The van der Waals surface area contributed by atoms with Gasteiger partial charge < -0.3 is 15.2 Å². The number of fused-ring (bicyclic) bond motifs is 1. The molecule has 126 valence electrons. The van der Waals surface area contributed by atoms with Gasteiger partial charge in [-0.1, -0.05) is 18.2 Å². The number of hydrogen-bond acceptors (Lipinski definition) is 5. The molecule has 3 aromatic rings. The SMILES string of the molecule is CN(C)c1nc(C(F)(F)F)nc2c1ncn2Cc1ccccc1N. The first-order valence-corrected chi connectivity index (χ1v) is 7.08. The summed E-state index contributed by atoms with van der Waals surface area (Å²) in [4.78, 5) is 12.9. The van der Waals surface area contributed by atoms with Gasteiger partial charge in [0.05, 0.1) is 12.9 Å². The first kappa shape index (κ1) is 16.0. The van der Waals surface area contributed by atoms with Gasteiger partial charge in [-0.15, -0.1) is 0 Å². The van der Waals surface area contributed by atoms with Crippen molar-refractivity contribution >= 4 is 22.7 Å². The summed E-state index contributed by atoms with van der Waals surface area (Å²) in [6, 6.07) is 7.14. The standard InChI is InChI=1S/C15H15F3N6/c1-23(2)12-11-13(22-14(21-12)15(16,17)18)24(8-20-11)7-9-5-3-4-6-10(9)19/h3-6,8H,7,19H2,1-2H3. The van der Waals surface area contributed by atoms with Crippen LogP contribution in [0.2, 0.25) is 0 Å². The molecule has 0 unspecified atom stereocenters. The summed E-state index contributed by atoms with van der Waals surface area (Å²) in [5.74, 6) is -1.08. The molecular formula is C15H15F3N6. The average Bonchev–Trinajstić information content (AvgIpc) is 2.90. The van der Waals surface area contributed by atoms with E-state index in [0.29, 0.717) is 11.2 Å². The van der Waals surface area contributed by atoms with Crippen LogP contribution in [-0.4, -0.2) is 33.6 Å². The molecule has 0 amide bonds. The Morgan fingerprint density at radius 2 is 1.88 bits per heavy atom. The first-order chi connectivity index (χ1) is 11.3. The minimum atomic E-state index is -4.64. The number of aromatic nitrogens is 4. The van der Waals surface area contributed by atoms with Crippen LogP contribution in [0.5, 0.6) is 0 Å². The van der Waals surface area contributed by atoms with Crippen LogP contribution in [0.1, 0.15) is 11.4 Å². The van der Waals surface area contributed by atoms with Gasteiger partial charge in [0.25, 0.3) is 0 Å². The van der Waals surface area contributed by atoms with E-state index < -0.39 is 12.0 Å². The minimum Gasteiger partial charge on any atom is -0.398 e. The largest absolute Gasteiger partial charge is 0.451 e. The zero-order valence-electron chi connectivity index (χ0n) is 13.0. The number of nitrogens with two attached hydrogens (primary N) is 1. The molecular weight excluding hydrogens is 321 g/mol. The maximum Gasteiger partial charge on any atom is 0.451 e. The molecule has 0 aliphatic rings. The average molecular weight is 336 g/mol. The van der Waals surface area contributed by atoms with E-state index in [1.54, 1.807) is 32.3 Å². The van der Waals surface area contributed by atoms with E-state index in [1.807, 2.05) is 6.07 Å². The lowest BCUT2D eigenvalue weighted by molar-refractivity contribution is -0.144. The van der Waals surface area contributed by atoms with Crippen molar-refractivity contribution in [1.29, 1.82) is 0 Å². The van der Waals surface area contributed by atoms with Crippen molar-refractivity contribution in [1.82, 2.24) is 19.5 Å².